The van der Waals surface area contributed by atoms with E-state index in [2.05, 4.69) is 9.98 Å². The molecule has 1 aromatic carbocycles. The first-order chi connectivity index (χ1) is 9.40. The number of hydrogen-bond acceptors (Lipinski definition) is 6. The van der Waals surface area contributed by atoms with E-state index in [0.29, 0.717) is 10.7 Å². The van der Waals surface area contributed by atoms with Gasteiger partial charge in [-0.25, -0.2) is 0 Å². The fourth-order valence-electron chi connectivity index (χ4n) is 2.33. The number of Topliss-reactive ketones (excluding diaryl/α,β-unsaturated/α-hetero) is 4. The molecule has 0 aromatic heterocycles. The Hall–Kier alpha value is -2.50. The zero-order valence-electron chi connectivity index (χ0n) is 10.8. The molecule has 0 saturated heterocycles. The van der Waals surface area contributed by atoms with Gasteiger partial charge in [0, 0.05) is 0 Å². The molecule has 3 rings (SSSR count). The van der Waals surface area contributed by atoms with E-state index in [-0.39, 0.29) is 0 Å². The predicted octanol–water partition coefficient (Wildman–Crippen LogP) is -1.42. The van der Waals surface area contributed by atoms with E-state index in [9.17, 15) is 19.2 Å². The van der Waals surface area contributed by atoms with Crippen LogP contribution < -0.4 is 10.7 Å². The van der Waals surface area contributed by atoms with E-state index >= 15 is 0 Å². The summed E-state index contributed by atoms with van der Waals surface area (Å²) in [7, 11) is 0. The zero-order valence-corrected chi connectivity index (χ0v) is 10.8. The lowest BCUT2D eigenvalue weighted by molar-refractivity contribution is -0.152. The van der Waals surface area contributed by atoms with Gasteiger partial charge < -0.3 is 0 Å². The van der Waals surface area contributed by atoms with Crippen LogP contribution in [0.2, 0.25) is 0 Å². The Kier molecular flexibility index (Phi) is 2.50. The molecular weight excluding hydrogens is 260 g/mol. The standard InChI is InChI=1S/C14H10N2O4/c1-5-3-7-8(4-6(5)2)16-10-9(15-7)11(17)13(19)14(20)12(10)18/h3-4,9-10H,1-2H3. The first-order valence-corrected chi connectivity index (χ1v) is 6.10. The van der Waals surface area contributed by atoms with Crippen molar-refractivity contribution in [1.29, 1.82) is 0 Å². The Morgan fingerprint density at radius 3 is 1.45 bits per heavy atom. The van der Waals surface area contributed by atoms with E-state index in [1.807, 2.05) is 13.8 Å². The normalized spacial score (nSPS) is 24.7. The van der Waals surface area contributed by atoms with Crippen LogP contribution in [-0.4, -0.2) is 35.2 Å². The van der Waals surface area contributed by atoms with Gasteiger partial charge in [-0.3, -0.25) is 29.2 Å². The van der Waals surface area contributed by atoms with E-state index in [1.165, 1.54) is 0 Å². The summed E-state index contributed by atoms with van der Waals surface area (Å²) in [5, 5.41) is 0.940. The summed E-state index contributed by atoms with van der Waals surface area (Å²) < 4.78 is 0. The maximum Gasteiger partial charge on any atom is 0.274 e. The van der Waals surface area contributed by atoms with Gasteiger partial charge in [0.05, 0.1) is 10.7 Å². The molecule has 1 aliphatic carbocycles. The van der Waals surface area contributed by atoms with E-state index in [0.717, 1.165) is 11.1 Å². The Morgan fingerprint density at radius 1 is 0.750 bits per heavy atom. The zero-order chi connectivity index (χ0) is 14.6. The molecule has 0 amide bonds. The number of carbonyl (C=O) groups is 4. The van der Waals surface area contributed by atoms with Gasteiger partial charge in [0.15, 0.2) is 0 Å². The number of fused-ring (bicyclic) bond motifs is 2. The summed E-state index contributed by atoms with van der Waals surface area (Å²) in [6, 6.07) is 1.12. The quantitative estimate of drug-likeness (QED) is 0.541. The molecule has 0 spiro atoms. The highest BCUT2D eigenvalue weighted by Gasteiger charge is 2.49. The average Bonchev–Trinajstić information content (AvgIpc) is 2.43. The molecule has 20 heavy (non-hydrogen) atoms. The maximum absolute atomic E-state index is 11.8. The SMILES string of the molecule is Cc1cc2c(cc1C)=NC1C(=O)C(=O)C(=O)C(=O)C1N=2. The molecule has 1 aromatic rings. The monoisotopic (exact) mass is 270 g/mol. The van der Waals surface area contributed by atoms with Crippen LogP contribution in [-0.2, 0) is 19.2 Å². The van der Waals surface area contributed by atoms with Crippen molar-refractivity contribution in [3.63, 3.8) is 0 Å². The van der Waals surface area contributed by atoms with Crippen molar-refractivity contribution in [3.05, 3.63) is 34.0 Å². The molecule has 6 nitrogen and oxygen atoms in total. The fourth-order valence-corrected chi connectivity index (χ4v) is 2.33. The fraction of sp³-hybridized carbons (Fsp3) is 0.286. The molecule has 1 saturated carbocycles. The van der Waals surface area contributed by atoms with Crippen molar-refractivity contribution in [1.82, 2.24) is 0 Å². The summed E-state index contributed by atoms with van der Waals surface area (Å²) in [6.07, 6.45) is 0. The van der Waals surface area contributed by atoms with Gasteiger partial charge in [0.1, 0.15) is 12.1 Å². The second-order valence-corrected chi connectivity index (χ2v) is 4.96. The number of aryl methyl sites for hydroxylation is 2. The lowest BCUT2D eigenvalue weighted by Crippen LogP contribution is -2.57. The van der Waals surface area contributed by atoms with Crippen LogP contribution in [0, 0.1) is 13.8 Å². The van der Waals surface area contributed by atoms with E-state index in [1.54, 1.807) is 12.1 Å². The number of carbonyl (C=O) groups excluding carboxylic acids is 4. The third-order valence-electron chi connectivity index (χ3n) is 3.64. The topological polar surface area (TPSA) is 93.0 Å². The average molecular weight is 270 g/mol. The summed E-state index contributed by atoms with van der Waals surface area (Å²) >= 11 is 0. The summed E-state index contributed by atoms with van der Waals surface area (Å²) in [5.41, 5.74) is 1.94. The summed E-state index contributed by atoms with van der Waals surface area (Å²) in [6.45, 7) is 3.78. The van der Waals surface area contributed by atoms with Gasteiger partial charge in [-0.15, -0.1) is 0 Å². The van der Waals surface area contributed by atoms with Crippen molar-refractivity contribution in [2.45, 2.75) is 25.9 Å². The third kappa shape index (κ3) is 1.57. The molecule has 6 heteroatoms. The van der Waals surface area contributed by atoms with Crippen LogP contribution in [0.5, 0.6) is 0 Å². The summed E-state index contributed by atoms with van der Waals surface area (Å²) in [5.74, 6) is -4.48. The van der Waals surface area contributed by atoms with Crippen molar-refractivity contribution < 1.29 is 19.2 Å². The van der Waals surface area contributed by atoms with Crippen LogP contribution in [0.15, 0.2) is 22.1 Å². The van der Waals surface area contributed by atoms with Crippen molar-refractivity contribution in [2.75, 3.05) is 0 Å². The van der Waals surface area contributed by atoms with Gasteiger partial charge in [-0.1, -0.05) is 0 Å². The van der Waals surface area contributed by atoms with Crippen LogP contribution in [0.1, 0.15) is 11.1 Å². The van der Waals surface area contributed by atoms with Crippen LogP contribution >= 0.6 is 0 Å². The third-order valence-corrected chi connectivity index (χ3v) is 3.64. The molecule has 2 aliphatic rings. The number of rotatable bonds is 0. The first kappa shape index (κ1) is 12.5. The van der Waals surface area contributed by atoms with Crippen LogP contribution in [0.3, 0.4) is 0 Å². The smallest absolute Gasteiger partial charge is 0.274 e. The van der Waals surface area contributed by atoms with E-state index in [4.69, 9.17) is 0 Å². The molecule has 0 N–H and O–H groups in total. The molecular formula is C14H10N2O4. The lowest BCUT2D eigenvalue weighted by atomic mass is 9.86. The number of ketones is 4. The van der Waals surface area contributed by atoms with Crippen LogP contribution in [0.25, 0.3) is 0 Å². The predicted molar refractivity (Wildman–Crippen MR) is 65.8 cm³/mol. The molecule has 0 bridgehead atoms. The molecule has 100 valence electrons. The van der Waals surface area contributed by atoms with Crippen LogP contribution in [0.4, 0.5) is 0 Å². The minimum absolute atomic E-state index is 0.470. The molecule has 1 fully saturated rings. The minimum atomic E-state index is -1.29. The van der Waals surface area contributed by atoms with Gasteiger partial charge >= 0.3 is 0 Å². The van der Waals surface area contributed by atoms with Gasteiger partial charge in [0.25, 0.3) is 11.6 Å². The van der Waals surface area contributed by atoms with Crippen molar-refractivity contribution in [3.8, 4) is 0 Å². The Bertz CT molecular complexity index is 753. The van der Waals surface area contributed by atoms with Gasteiger partial charge in [-0.2, -0.15) is 0 Å². The number of nitrogens with zero attached hydrogens (tertiary/aromatic N) is 2. The van der Waals surface area contributed by atoms with Gasteiger partial charge in [0.2, 0.25) is 11.6 Å². The highest BCUT2D eigenvalue weighted by atomic mass is 16.2. The first-order valence-electron chi connectivity index (χ1n) is 6.10. The number of hydrogen-bond donors (Lipinski definition) is 0. The molecule has 1 heterocycles. The summed E-state index contributed by atoms with van der Waals surface area (Å²) in [4.78, 5) is 54.7. The lowest BCUT2D eigenvalue weighted by Gasteiger charge is -2.23. The Labute approximate surface area is 113 Å². The van der Waals surface area contributed by atoms with Crippen molar-refractivity contribution >= 4 is 23.1 Å². The largest absolute Gasteiger partial charge is 0.288 e. The molecule has 2 atom stereocenters. The second-order valence-electron chi connectivity index (χ2n) is 4.96. The maximum atomic E-state index is 11.8. The van der Waals surface area contributed by atoms with Gasteiger partial charge in [-0.05, 0) is 37.1 Å². The highest BCUT2D eigenvalue weighted by Crippen LogP contribution is 2.15. The Balaban J connectivity index is 2.27. The Morgan fingerprint density at radius 2 is 1.10 bits per heavy atom. The molecule has 0 radical (unpaired) electrons. The molecule has 1 aliphatic heterocycles. The second kappa shape index (κ2) is 4.00. The van der Waals surface area contributed by atoms with Crippen molar-refractivity contribution in [2.24, 2.45) is 9.98 Å². The molecule has 2 unspecified atom stereocenters. The van der Waals surface area contributed by atoms with E-state index < -0.39 is 35.2 Å². The minimum Gasteiger partial charge on any atom is -0.288 e. The highest BCUT2D eigenvalue weighted by molar-refractivity contribution is 6.81. The number of benzene rings is 1.